The van der Waals surface area contributed by atoms with Gasteiger partial charge in [-0.1, -0.05) is 12.1 Å². The summed E-state index contributed by atoms with van der Waals surface area (Å²) >= 11 is 0. The van der Waals surface area contributed by atoms with Crippen LogP contribution in [0.5, 0.6) is 0 Å². The molecule has 1 aromatic heterocycles. The average molecular weight is 371 g/mol. The fourth-order valence-electron chi connectivity index (χ4n) is 3.42. The molecule has 2 heterocycles. The summed E-state index contributed by atoms with van der Waals surface area (Å²) in [6, 6.07) is 9.19. The van der Waals surface area contributed by atoms with Crippen molar-refractivity contribution in [2.24, 2.45) is 0 Å². The molecule has 142 valence electrons. The first-order valence-corrected chi connectivity index (χ1v) is 9.24. The Hall–Kier alpha value is -2.67. The first-order valence-electron chi connectivity index (χ1n) is 9.24. The molecule has 1 saturated heterocycles. The minimum atomic E-state index is -0.480. The second-order valence-electron chi connectivity index (χ2n) is 7.04. The van der Waals surface area contributed by atoms with Crippen molar-refractivity contribution < 1.29 is 18.4 Å². The summed E-state index contributed by atoms with van der Waals surface area (Å²) < 4.78 is 18.5. The lowest BCUT2D eigenvalue weighted by Crippen LogP contribution is -2.52. The highest BCUT2D eigenvalue weighted by Gasteiger charge is 2.34. The van der Waals surface area contributed by atoms with Crippen LogP contribution in [-0.4, -0.2) is 53.8 Å². The van der Waals surface area contributed by atoms with E-state index in [1.165, 1.54) is 18.4 Å². The van der Waals surface area contributed by atoms with Crippen molar-refractivity contribution in [2.45, 2.75) is 24.9 Å². The fourth-order valence-corrected chi connectivity index (χ4v) is 3.42. The molecular formula is C20H22FN3O3. The van der Waals surface area contributed by atoms with Crippen LogP contribution in [0.4, 0.5) is 4.39 Å². The number of carbonyl (C=O) groups is 2. The molecule has 6 nitrogen and oxygen atoms in total. The van der Waals surface area contributed by atoms with Gasteiger partial charge >= 0.3 is 0 Å². The quantitative estimate of drug-likeness (QED) is 0.875. The molecule has 2 fully saturated rings. The van der Waals surface area contributed by atoms with E-state index in [2.05, 4.69) is 10.2 Å². The lowest BCUT2D eigenvalue weighted by molar-refractivity contribution is -0.127. The summed E-state index contributed by atoms with van der Waals surface area (Å²) in [7, 11) is 0. The summed E-state index contributed by atoms with van der Waals surface area (Å²) in [6.45, 7) is 2.14. The molecule has 1 aliphatic heterocycles. The van der Waals surface area contributed by atoms with Crippen molar-refractivity contribution in [1.29, 1.82) is 0 Å². The number of rotatable bonds is 5. The van der Waals surface area contributed by atoms with Crippen LogP contribution >= 0.6 is 0 Å². The van der Waals surface area contributed by atoms with Gasteiger partial charge in [0.25, 0.3) is 5.91 Å². The predicted molar refractivity (Wildman–Crippen MR) is 96.5 cm³/mol. The Morgan fingerprint density at radius 1 is 1.07 bits per heavy atom. The standard InChI is InChI=1S/C20H22FN3O3/c21-15-5-3-14(4-6-15)18(19(25)22-16-7-8-16)23-9-11-24(12-10-23)20(26)17-2-1-13-27-17/h1-6,13,16,18H,7-12H2,(H,22,25). The zero-order valence-corrected chi connectivity index (χ0v) is 14.9. The lowest BCUT2D eigenvalue weighted by Gasteiger charge is -2.38. The first-order chi connectivity index (χ1) is 13.1. The number of carbonyl (C=O) groups excluding carboxylic acids is 2. The van der Waals surface area contributed by atoms with E-state index in [1.54, 1.807) is 29.2 Å². The zero-order chi connectivity index (χ0) is 18.8. The van der Waals surface area contributed by atoms with Gasteiger partial charge in [0.15, 0.2) is 5.76 Å². The van der Waals surface area contributed by atoms with Crippen LogP contribution in [0, 0.1) is 5.82 Å². The van der Waals surface area contributed by atoms with Crippen molar-refractivity contribution >= 4 is 11.8 Å². The minimum Gasteiger partial charge on any atom is -0.459 e. The Balaban J connectivity index is 1.46. The van der Waals surface area contributed by atoms with Crippen LogP contribution in [0.2, 0.25) is 0 Å². The van der Waals surface area contributed by atoms with Crippen molar-refractivity contribution in [3.63, 3.8) is 0 Å². The Morgan fingerprint density at radius 3 is 2.37 bits per heavy atom. The van der Waals surface area contributed by atoms with Crippen LogP contribution < -0.4 is 5.32 Å². The number of amides is 2. The zero-order valence-electron chi connectivity index (χ0n) is 14.9. The predicted octanol–water partition coefficient (Wildman–Crippen LogP) is 2.20. The largest absolute Gasteiger partial charge is 0.459 e. The van der Waals surface area contributed by atoms with Crippen LogP contribution in [0.15, 0.2) is 47.1 Å². The van der Waals surface area contributed by atoms with Gasteiger partial charge in [0, 0.05) is 32.2 Å². The second-order valence-corrected chi connectivity index (χ2v) is 7.04. The summed E-state index contributed by atoms with van der Waals surface area (Å²) in [5.41, 5.74) is 0.764. The van der Waals surface area contributed by atoms with Crippen molar-refractivity contribution in [1.82, 2.24) is 15.1 Å². The molecule has 7 heteroatoms. The molecular weight excluding hydrogens is 349 g/mol. The highest BCUT2D eigenvalue weighted by atomic mass is 19.1. The maximum atomic E-state index is 13.3. The Kier molecular flexibility index (Phi) is 4.94. The van der Waals surface area contributed by atoms with Crippen molar-refractivity contribution in [3.05, 3.63) is 59.8 Å². The molecule has 1 saturated carbocycles. The molecule has 2 aromatic rings. The minimum absolute atomic E-state index is 0.0603. The molecule has 4 rings (SSSR count). The van der Waals surface area contributed by atoms with Gasteiger partial charge in [0.1, 0.15) is 11.9 Å². The number of halogens is 1. The number of piperazine rings is 1. The van der Waals surface area contributed by atoms with E-state index < -0.39 is 6.04 Å². The van der Waals surface area contributed by atoms with Gasteiger partial charge < -0.3 is 14.6 Å². The number of furan rings is 1. The van der Waals surface area contributed by atoms with Gasteiger partial charge in [-0.05, 0) is 42.7 Å². The normalized spacial score (nSPS) is 18.9. The maximum Gasteiger partial charge on any atom is 0.289 e. The van der Waals surface area contributed by atoms with Gasteiger partial charge in [0.05, 0.1) is 6.26 Å². The molecule has 27 heavy (non-hydrogen) atoms. The van der Waals surface area contributed by atoms with Crippen molar-refractivity contribution in [2.75, 3.05) is 26.2 Å². The number of hydrogen-bond donors (Lipinski definition) is 1. The molecule has 1 N–H and O–H groups in total. The van der Waals surface area contributed by atoms with Crippen LogP contribution in [-0.2, 0) is 4.79 Å². The molecule has 1 aromatic carbocycles. The third-order valence-corrected chi connectivity index (χ3v) is 5.06. The smallest absolute Gasteiger partial charge is 0.289 e. The van der Waals surface area contributed by atoms with Gasteiger partial charge in [-0.15, -0.1) is 0 Å². The number of nitrogens with zero attached hydrogens (tertiary/aromatic N) is 2. The maximum absolute atomic E-state index is 13.3. The highest BCUT2D eigenvalue weighted by molar-refractivity contribution is 5.91. The molecule has 0 bridgehead atoms. The Morgan fingerprint density at radius 2 is 1.78 bits per heavy atom. The second kappa shape index (κ2) is 7.52. The number of benzene rings is 1. The van der Waals surface area contributed by atoms with E-state index in [-0.39, 0.29) is 23.7 Å². The topological polar surface area (TPSA) is 65.8 Å². The monoisotopic (exact) mass is 371 g/mol. The molecule has 0 radical (unpaired) electrons. The third kappa shape index (κ3) is 4.03. The molecule has 1 unspecified atom stereocenters. The van der Waals surface area contributed by atoms with E-state index in [0.29, 0.717) is 31.9 Å². The Bertz CT molecular complexity index is 794. The first kappa shape index (κ1) is 17.7. The van der Waals surface area contributed by atoms with Crippen LogP contribution in [0.25, 0.3) is 0 Å². The molecule has 2 amide bonds. The van der Waals surface area contributed by atoms with Gasteiger partial charge in [-0.25, -0.2) is 4.39 Å². The Labute approximate surface area is 156 Å². The van der Waals surface area contributed by atoms with Crippen molar-refractivity contribution in [3.8, 4) is 0 Å². The molecule has 0 spiro atoms. The average Bonchev–Trinajstić information content (AvgIpc) is 3.32. The van der Waals surface area contributed by atoms with E-state index in [4.69, 9.17) is 4.42 Å². The summed E-state index contributed by atoms with van der Waals surface area (Å²) in [6.07, 6.45) is 3.50. The molecule has 1 aliphatic carbocycles. The highest BCUT2D eigenvalue weighted by Crippen LogP contribution is 2.26. The lowest BCUT2D eigenvalue weighted by atomic mass is 10.0. The summed E-state index contributed by atoms with van der Waals surface area (Å²) in [5.74, 6) is -0.200. The van der Waals surface area contributed by atoms with Gasteiger partial charge in [-0.3, -0.25) is 14.5 Å². The van der Waals surface area contributed by atoms with E-state index in [9.17, 15) is 14.0 Å². The van der Waals surface area contributed by atoms with E-state index >= 15 is 0 Å². The number of hydrogen-bond acceptors (Lipinski definition) is 4. The SMILES string of the molecule is O=C(NC1CC1)C(c1ccc(F)cc1)N1CCN(C(=O)c2ccco2)CC1. The molecule has 2 aliphatic rings. The molecule has 1 atom stereocenters. The van der Waals surface area contributed by atoms with Crippen LogP contribution in [0.1, 0.15) is 35.0 Å². The fraction of sp³-hybridized carbons (Fsp3) is 0.400. The summed E-state index contributed by atoms with van der Waals surface area (Å²) in [4.78, 5) is 29.0. The van der Waals surface area contributed by atoms with E-state index in [0.717, 1.165) is 18.4 Å². The summed E-state index contributed by atoms with van der Waals surface area (Å²) in [5, 5.41) is 3.05. The van der Waals surface area contributed by atoms with Crippen LogP contribution in [0.3, 0.4) is 0 Å². The van der Waals surface area contributed by atoms with E-state index in [1.807, 2.05) is 0 Å². The number of nitrogens with one attached hydrogen (secondary N) is 1. The van der Waals surface area contributed by atoms with Gasteiger partial charge in [-0.2, -0.15) is 0 Å². The third-order valence-electron chi connectivity index (χ3n) is 5.06. The van der Waals surface area contributed by atoms with Gasteiger partial charge in [0.2, 0.25) is 5.91 Å².